The van der Waals surface area contributed by atoms with Crippen LogP contribution >= 0.6 is 0 Å². The molecule has 98 valence electrons. The molecule has 0 amide bonds. The summed E-state index contributed by atoms with van der Waals surface area (Å²) in [5.74, 6) is 0. The maximum atomic E-state index is 2.34. The standard InChI is InChI=1S/C19H22/c1-3-19(4-2)13-16-11-8-12-17(18(16)14-19)15-9-6-5-7-10-15/h5-12H,3-4,13-14H2,1-2H3. The summed E-state index contributed by atoms with van der Waals surface area (Å²) in [6, 6.07) is 17.7. The van der Waals surface area contributed by atoms with Gasteiger partial charge in [-0.15, -0.1) is 0 Å². The number of benzene rings is 2. The van der Waals surface area contributed by atoms with E-state index in [4.69, 9.17) is 0 Å². The molecule has 0 N–H and O–H groups in total. The normalized spacial score (nSPS) is 16.3. The topological polar surface area (TPSA) is 0 Å². The van der Waals surface area contributed by atoms with E-state index in [0.717, 1.165) is 0 Å². The van der Waals surface area contributed by atoms with Crippen molar-refractivity contribution < 1.29 is 0 Å². The molecule has 0 spiro atoms. The zero-order chi connectivity index (χ0) is 13.3. The Morgan fingerprint density at radius 1 is 0.842 bits per heavy atom. The smallest absolute Gasteiger partial charge is 0.0149 e. The van der Waals surface area contributed by atoms with Gasteiger partial charge in [-0.3, -0.25) is 0 Å². The van der Waals surface area contributed by atoms with Gasteiger partial charge in [0.25, 0.3) is 0 Å². The van der Waals surface area contributed by atoms with E-state index in [1.807, 2.05) is 0 Å². The first-order valence-electron chi connectivity index (χ1n) is 7.44. The number of hydrogen-bond acceptors (Lipinski definition) is 0. The van der Waals surface area contributed by atoms with Gasteiger partial charge in [0.1, 0.15) is 0 Å². The molecule has 0 heterocycles. The van der Waals surface area contributed by atoms with Gasteiger partial charge in [0.2, 0.25) is 0 Å². The molecule has 2 aromatic rings. The van der Waals surface area contributed by atoms with Crippen molar-refractivity contribution in [2.45, 2.75) is 39.5 Å². The third kappa shape index (κ3) is 2.10. The Bertz CT molecular complexity index is 562. The third-order valence-electron chi connectivity index (χ3n) is 4.98. The van der Waals surface area contributed by atoms with E-state index in [-0.39, 0.29) is 0 Å². The molecule has 19 heavy (non-hydrogen) atoms. The van der Waals surface area contributed by atoms with Crippen LogP contribution in [0.25, 0.3) is 11.1 Å². The minimum Gasteiger partial charge on any atom is -0.0648 e. The number of hydrogen-bond donors (Lipinski definition) is 0. The monoisotopic (exact) mass is 250 g/mol. The van der Waals surface area contributed by atoms with Crippen LogP contribution in [0.1, 0.15) is 37.8 Å². The predicted molar refractivity (Wildman–Crippen MR) is 82.3 cm³/mol. The van der Waals surface area contributed by atoms with Crippen LogP contribution in [-0.2, 0) is 12.8 Å². The van der Waals surface area contributed by atoms with Crippen LogP contribution in [0.2, 0.25) is 0 Å². The second-order valence-corrected chi connectivity index (χ2v) is 5.87. The minimum atomic E-state index is 0.507. The maximum absolute atomic E-state index is 2.34. The lowest BCUT2D eigenvalue weighted by Crippen LogP contribution is -2.18. The lowest BCUT2D eigenvalue weighted by atomic mass is 9.79. The molecule has 0 aromatic heterocycles. The van der Waals surface area contributed by atoms with Gasteiger partial charge in [0.15, 0.2) is 0 Å². The van der Waals surface area contributed by atoms with Crippen LogP contribution in [0, 0.1) is 5.41 Å². The number of fused-ring (bicyclic) bond motifs is 1. The van der Waals surface area contributed by atoms with Gasteiger partial charge >= 0.3 is 0 Å². The molecular weight excluding hydrogens is 228 g/mol. The summed E-state index contributed by atoms with van der Waals surface area (Å²) in [5.41, 5.74) is 6.49. The van der Waals surface area contributed by atoms with Crippen molar-refractivity contribution in [3.63, 3.8) is 0 Å². The third-order valence-corrected chi connectivity index (χ3v) is 4.98. The van der Waals surface area contributed by atoms with Crippen LogP contribution in [0.3, 0.4) is 0 Å². The summed E-state index contributed by atoms with van der Waals surface area (Å²) in [6.45, 7) is 4.69. The Hall–Kier alpha value is -1.56. The number of rotatable bonds is 3. The molecule has 0 aliphatic heterocycles. The summed E-state index contributed by atoms with van der Waals surface area (Å²) in [4.78, 5) is 0. The van der Waals surface area contributed by atoms with Crippen molar-refractivity contribution in [1.29, 1.82) is 0 Å². The fourth-order valence-electron chi connectivity index (χ4n) is 3.49. The van der Waals surface area contributed by atoms with Gasteiger partial charge in [-0.25, -0.2) is 0 Å². The molecule has 0 bridgehead atoms. The highest BCUT2D eigenvalue weighted by molar-refractivity contribution is 5.69. The Balaban J connectivity index is 2.07. The van der Waals surface area contributed by atoms with Gasteiger partial charge in [-0.05, 0) is 53.4 Å². The fourth-order valence-corrected chi connectivity index (χ4v) is 3.49. The Morgan fingerprint density at radius 3 is 2.26 bits per heavy atom. The first-order valence-corrected chi connectivity index (χ1v) is 7.44. The van der Waals surface area contributed by atoms with E-state index in [1.54, 1.807) is 11.1 Å². The van der Waals surface area contributed by atoms with E-state index in [0.29, 0.717) is 5.41 Å². The largest absolute Gasteiger partial charge is 0.0648 e. The van der Waals surface area contributed by atoms with E-state index >= 15 is 0 Å². The summed E-state index contributed by atoms with van der Waals surface area (Å²) in [5, 5.41) is 0. The van der Waals surface area contributed by atoms with Crippen molar-refractivity contribution in [3.8, 4) is 11.1 Å². The molecule has 1 aliphatic rings. The molecule has 0 saturated carbocycles. The minimum absolute atomic E-state index is 0.507. The van der Waals surface area contributed by atoms with E-state index in [1.165, 1.54) is 36.8 Å². The average molecular weight is 250 g/mol. The van der Waals surface area contributed by atoms with Crippen molar-refractivity contribution >= 4 is 0 Å². The summed E-state index contributed by atoms with van der Waals surface area (Å²) >= 11 is 0. The zero-order valence-corrected chi connectivity index (χ0v) is 11.9. The Kier molecular flexibility index (Phi) is 3.18. The summed E-state index contributed by atoms with van der Waals surface area (Å²) < 4.78 is 0. The summed E-state index contributed by atoms with van der Waals surface area (Å²) in [6.07, 6.45) is 5.08. The van der Waals surface area contributed by atoms with Crippen LogP contribution < -0.4 is 0 Å². The van der Waals surface area contributed by atoms with Gasteiger partial charge in [0, 0.05) is 0 Å². The SMILES string of the molecule is CCC1(CC)Cc2cccc(-c3ccccc3)c2C1. The highest BCUT2D eigenvalue weighted by Gasteiger charge is 2.35. The van der Waals surface area contributed by atoms with Crippen molar-refractivity contribution in [2.24, 2.45) is 5.41 Å². The van der Waals surface area contributed by atoms with E-state index < -0.39 is 0 Å². The molecule has 0 saturated heterocycles. The molecule has 0 fully saturated rings. The van der Waals surface area contributed by atoms with Crippen LogP contribution in [-0.4, -0.2) is 0 Å². The lowest BCUT2D eigenvalue weighted by Gasteiger charge is -2.25. The zero-order valence-electron chi connectivity index (χ0n) is 11.9. The highest BCUT2D eigenvalue weighted by Crippen LogP contribution is 2.45. The molecular formula is C19H22. The summed E-state index contributed by atoms with van der Waals surface area (Å²) in [7, 11) is 0. The second-order valence-electron chi connectivity index (χ2n) is 5.87. The quantitative estimate of drug-likeness (QED) is 0.697. The van der Waals surface area contributed by atoms with Crippen LogP contribution in [0.4, 0.5) is 0 Å². The molecule has 3 rings (SSSR count). The van der Waals surface area contributed by atoms with Gasteiger partial charge in [-0.2, -0.15) is 0 Å². The van der Waals surface area contributed by atoms with E-state index in [9.17, 15) is 0 Å². The lowest BCUT2D eigenvalue weighted by molar-refractivity contribution is 0.280. The fraction of sp³-hybridized carbons (Fsp3) is 0.368. The average Bonchev–Trinajstić information content (AvgIpc) is 2.87. The first-order chi connectivity index (χ1) is 9.28. The molecule has 1 aliphatic carbocycles. The van der Waals surface area contributed by atoms with Gasteiger partial charge in [-0.1, -0.05) is 62.4 Å². The molecule has 0 unspecified atom stereocenters. The predicted octanol–water partition coefficient (Wildman–Crippen LogP) is 5.26. The van der Waals surface area contributed by atoms with Crippen molar-refractivity contribution in [1.82, 2.24) is 0 Å². The van der Waals surface area contributed by atoms with Crippen molar-refractivity contribution in [2.75, 3.05) is 0 Å². The van der Waals surface area contributed by atoms with E-state index in [2.05, 4.69) is 62.4 Å². The first kappa shape index (κ1) is 12.5. The highest BCUT2D eigenvalue weighted by atomic mass is 14.4. The molecule has 0 radical (unpaired) electrons. The van der Waals surface area contributed by atoms with Gasteiger partial charge in [0.05, 0.1) is 0 Å². The molecule has 0 atom stereocenters. The van der Waals surface area contributed by atoms with Crippen LogP contribution in [0.15, 0.2) is 48.5 Å². The molecule has 0 heteroatoms. The van der Waals surface area contributed by atoms with Crippen LogP contribution in [0.5, 0.6) is 0 Å². The maximum Gasteiger partial charge on any atom is -0.0149 e. The van der Waals surface area contributed by atoms with Gasteiger partial charge < -0.3 is 0 Å². The second kappa shape index (κ2) is 4.85. The molecule has 2 aromatic carbocycles. The molecule has 0 nitrogen and oxygen atoms in total. The Morgan fingerprint density at radius 2 is 1.58 bits per heavy atom. The van der Waals surface area contributed by atoms with Crippen molar-refractivity contribution in [3.05, 3.63) is 59.7 Å². The Labute approximate surface area is 116 Å².